The number of nitrogens with two attached hydrogens (primary N) is 1. The smallest absolute Gasteiger partial charge is 0.331 e. The van der Waals surface area contributed by atoms with Crippen molar-refractivity contribution in [3.63, 3.8) is 0 Å². The molecule has 0 aliphatic carbocycles. The molecule has 2 aromatic carbocycles. The summed E-state index contributed by atoms with van der Waals surface area (Å²) in [5, 5.41) is 2.59. The quantitative estimate of drug-likeness (QED) is 0.521. The van der Waals surface area contributed by atoms with Crippen LogP contribution in [0.25, 0.3) is 6.08 Å². The van der Waals surface area contributed by atoms with Crippen LogP contribution in [0.5, 0.6) is 11.5 Å². The average Bonchev–Trinajstić information content (AvgIpc) is 2.72. The summed E-state index contributed by atoms with van der Waals surface area (Å²) in [4.78, 5) is 35.2. The number of carbonyl (C=O) groups is 3. The number of primary amides is 1. The summed E-state index contributed by atoms with van der Waals surface area (Å²) in [5.74, 6) is -0.606. The predicted molar refractivity (Wildman–Crippen MR) is 108 cm³/mol. The Morgan fingerprint density at radius 2 is 1.59 bits per heavy atom. The van der Waals surface area contributed by atoms with Crippen molar-refractivity contribution in [1.29, 1.82) is 0 Å². The first-order valence-electron chi connectivity index (χ1n) is 8.65. The lowest BCUT2D eigenvalue weighted by molar-refractivity contribution is -0.148. The van der Waals surface area contributed by atoms with Crippen molar-refractivity contribution in [3.05, 3.63) is 59.7 Å². The summed E-state index contributed by atoms with van der Waals surface area (Å²) >= 11 is 0. The third-order valence-corrected chi connectivity index (χ3v) is 3.88. The lowest BCUT2D eigenvalue weighted by Gasteiger charge is -2.12. The SMILES string of the molecule is COc1cc(/C=C/C(=O)O[C@H](C)C(=O)Nc2ccc(C(N)=O)cc2)cc(OC)c1. The van der Waals surface area contributed by atoms with Gasteiger partial charge in [0.05, 0.1) is 14.2 Å². The minimum Gasteiger partial charge on any atom is -0.497 e. The Labute approximate surface area is 168 Å². The fourth-order valence-electron chi connectivity index (χ4n) is 2.32. The summed E-state index contributed by atoms with van der Waals surface area (Å²) in [6, 6.07) is 11.2. The highest BCUT2D eigenvalue weighted by Crippen LogP contribution is 2.23. The second-order valence-corrected chi connectivity index (χ2v) is 5.99. The van der Waals surface area contributed by atoms with E-state index < -0.39 is 23.9 Å². The van der Waals surface area contributed by atoms with Crippen molar-refractivity contribution < 1.29 is 28.6 Å². The van der Waals surface area contributed by atoms with Gasteiger partial charge in [-0.1, -0.05) is 0 Å². The fourth-order valence-corrected chi connectivity index (χ4v) is 2.32. The van der Waals surface area contributed by atoms with E-state index in [-0.39, 0.29) is 0 Å². The standard InChI is InChI=1S/C21H22N2O6/c1-13(21(26)23-16-7-5-15(6-8-16)20(22)25)29-19(24)9-4-14-10-17(27-2)12-18(11-14)28-3/h4-13H,1-3H3,(H2,22,25)(H,23,26)/b9-4+/t13-/m1/s1. The Bertz CT molecular complexity index is 899. The number of hydrogen-bond acceptors (Lipinski definition) is 6. The molecule has 0 aromatic heterocycles. The van der Waals surface area contributed by atoms with E-state index >= 15 is 0 Å². The zero-order valence-corrected chi connectivity index (χ0v) is 16.3. The second kappa shape index (κ2) is 9.93. The molecule has 2 amide bonds. The van der Waals surface area contributed by atoms with Gasteiger partial charge in [-0.2, -0.15) is 0 Å². The van der Waals surface area contributed by atoms with E-state index in [0.29, 0.717) is 28.3 Å². The maximum absolute atomic E-state index is 12.2. The van der Waals surface area contributed by atoms with Crippen molar-refractivity contribution >= 4 is 29.5 Å². The molecule has 0 saturated carbocycles. The summed E-state index contributed by atoms with van der Waals surface area (Å²) in [6.07, 6.45) is 1.71. The lowest BCUT2D eigenvalue weighted by Crippen LogP contribution is -2.29. The van der Waals surface area contributed by atoms with Gasteiger partial charge in [-0.15, -0.1) is 0 Å². The number of nitrogens with one attached hydrogen (secondary N) is 1. The van der Waals surface area contributed by atoms with Gasteiger partial charge in [0.2, 0.25) is 5.91 Å². The summed E-state index contributed by atoms with van der Waals surface area (Å²) in [6.45, 7) is 1.45. The van der Waals surface area contributed by atoms with Crippen LogP contribution in [0.2, 0.25) is 0 Å². The molecule has 2 aromatic rings. The first-order valence-corrected chi connectivity index (χ1v) is 8.65. The van der Waals surface area contributed by atoms with Crippen LogP contribution in [0, 0.1) is 0 Å². The van der Waals surface area contributed by atoms with Gasteiger partial charge in [0.15, 0.2) is 6.10 Å². The molecule has 152 valence electrons. The molecule has 0 bridgehead atoms. The van der Waals surface area contributed by atoms with E-state index in [1.54, 1.807) is 18.2 Å². The summed E-state index contributed by atoms with van der Waals surface area (Å²) in [7, 11) is 3.05. The Hall–Kier alpha value is -3.81. The van der Waals surface area contributed by atoms with E-state index in [1.807, 2.05) is 0 Å². The molecule has 0 heterocycles. The second-order valence-electron chi connectivity index (χ2n) is 5.99. The van der Waals surface area contributed by atoms with Gasteiger partial charge in [0, 0.05) is 23.4 Å². The highest BCUT2D eigenvalue weighted by molar-refractivity contribution is 5.97. The molecule has 0 fully saturated rings. The number of hydrogen-bond donors (Lipinski definition) is 2. The minimum absolute atomic E-state index is 0.321. The Kier molecular flexibility index (Phi) is 7.36. The molecule has 0 aliphatic heterocycles. The molecular formula is C21H22N2O6. The van der Waals surface area contributed by atoms with Gasteiger partial charge < -0.3 is 25.3 Å². The lowest BCUT2D eigenvalue weighted by atomic mass is 10.2. The fraction of sp³-hybridized carbons (Fsp3) is 0.190. The molecule has 0 radical (unpaired) electrons. The van der Waals surface area contributed by atoms with Crippen LogP contribution in [0.15, 0.2) is 48.5 Å². The normalized spacial score (nSPS) is 11.6. The molecule has 1 atom stereocenters. The molecule has 8 heteroatoms. The highest BCUT2D eigenvalue weighted by Gasteiger charge is 2.17. The minimum atomic E-state index is -1.03. The maximum atomic E-state index is 12.2. The number of rotatable bonds is 8. The molecule has 8 nitrogen and oxygen atoms in total. The van der Waals surface area contributed by atoms with Crippen molar-refractivity contribution in [2.24, 2.45) is 5.73 Å². The van der Waals surface area contributed by atoms with E-state index in [2.05, 4.69) is 5.32 Å². The van der Waals surface area contributed by atoms with Crippen LogP contribution in [0.3, 0.4) is 0 Å². The third-order valence-electron chi connectivity index (χ3n) is 3.88. The largest absolute Gasteiger partial charge is 0.497 e. The molecular weight excluding hydrogens is 376 g/mol. The molecule has 2 rings (SSSR count). The zero-order valence-electron chi connectivity index (χ0n) is 16.3. The highest BCUT2D eigenvalue weighted by atomic mass is 16.5. The van der Waals surface area contributed by atoms with E-state index in [9.17, 15) is 14.4 Å². The number of anilines is 1. The van der Waals surface area contributed by atoms with E-state index in [4.69, 9.17) is 19.9 Å². The van der Waals surface area contributed by atoms with Crippen LogP contribution >= 0.6 is 0 Å². The van der Waals surface area contributed by atoms with Gasteiger partial charge in [0.1, 0.15) is 11.5 Å². The Morgan fingerprint density at radius 3 is 2.10 bits per heavy atom. The number of methoxy groups -OCH3 is 2. The van der Waals surface area contributed by atoms with Crippen molar-refractivity contribution in [1.82, 2.24) is 0 Å². The number of esters is 1. The third kappa shape index (κ3) is 6.39. The zero-order chi connectivity index (χ0) is 21.4. The predicted octanol–water partition coefficient (Wildman–Crippen LogP) is 2.39. The molecule has 0 aliphatic rings. The molecule has 0 saturated heterocycles. The van der Waals surface area contributed by atoms with Crippen LogP contribution in [0.1, 0.15) is 22.8 Å². The average molecular weight is 398 g/mol. The van der Waals surface area contributed by atoms with Gasteiger partial charge in [-0.3, -0.25) is 9.59 Å². The van der Waals surface area contributed by atoms with Crippen molar-refractivity contribution in [3.8, 4) is 11.5 Å². The first kappa shape index (κ1) is 21.5. The van der Waals surface area contributed by atoms with Gasteiger partial charge >= 0.3 is 5.97 Å². The summed E-state index contributed by atoms with van der Waals surface area (Å²) in [5.41, 5.74) is 6.61. The number of ether oxygens (including phenoxy) is 3. The van der Waals surface area contributed by atoms with Gasteiger partial charge in [-0.05, 0) is 55.0 Å². The molecule has 3 N–H and O–H groups in total. The Morgan fingerprint density at radius 1 is 1.00 bits per heavy atom. The summed E-state index contributed by atoms with van der Waals surface area (Å²) < 4.78 is 15.4. The topological polar surface area (TPSA) is 117 Å². The Balaban J connectivity index is 1.94. The first-order chi connectivity index (χ1) is 13.8. The number of carbonyl (C=O) groups excluding carboxylic acids is 3. The maximum Gasteiger partial charge on any atom is 0.331 e. The van der Waals surface area contributed by atoms with Crippen molar-refractivity contribution in [2.75, 3.05) is 19.5 Å². The van der Waals surface area contributed by atoms with Gasteiger partial charge in [0.25, 0.3) is 5.91 Å². The van der Waals surface area contributed by atoms with Crippen molar-refractivity contribution in [2.45, 2.75) is 13.0 Å². The number of benzene rings is 2. The van der Waals surface area contributed by atoms with E-state index in [0.717, 1.165) is 0 Å². The van der Waals surface area contributed by atoms with Crippen LogP contribution in [0.4, 0.5) is 5.69 Å². The van der Waals surface area contributed by atoms with Crippen LogP contribution < -0.4 is 20.5 Å². The van der Waals surface area contributed by atoms with Gasteiger partial charge in [-0.25, -0.2) is 4.79 Å². The molecule has 0 spiro atoms. The van der Waals surface area contributed by atoms with E-state index in [1.165, 1.54) is 57.6 Å². The van der Waals surface area contributed by atoms with Crippen LogP contribution in [-0.2, 0) is 14.3 Å². The van der Waals surface area contributed by atoms with Crippen LogP contribution in [-0.4, -0.2) is 38.1 Å². The monoisotopic (exact) mass is 398 g/mol. The number of amides is 2. The molecule has 0 unspecified atom stereocenters. The molecule has 29 heavy (non-hydrogen) atoms.